The van der Waals surface area contributed by atoms with Crippen LogP contribution >= 0.6 is 0 Å². The highest BCUT2D eigenvalue weighted by molar-refractivity contribution is 5.40. The minimum Gasteiger partial charge on any atom is -0.452 e. The predicted molar refractivity (Wildman–Crippen MR) is 68.1 cm³/mol. The molecule has 94 valence electrons. The van der Waals surface area contributed by atoms with Crippen molar-refractivity contribution in [1.82, 2.24) is 4.98 Å². The summed E-state index contributed by atoms with van der Waals surface area (Å²) in [7, 11) is 0. The van der Waals surface area contributed by atoms with Gasteiger partial charge in [-0.05, 0) is 32.0 Å². The number of nitrogens with zero attached hydrogens (tertiary/aromatic N) is 1. The maximum atomic E-state index is 13.8. The van der Waals surface area contributed by atoms with E-state index in [1.165, 1.54) is 6.07 Å². The van der Waals surface area contributed by atoms with Gasteiger partial charge in [0.1, 0.15) is 5.75 Å². The van der Waals surface area contributed by atoms with E-state index in [0.29, 0.717) is 11.3 Å². The molecule has 2 N–H and O–H groups in total. The Hall–Kier alpha value is -1.94. The zero-order valence-corrected chi connectivity index (χ0v) is 10.4. The normalized spacial score (nSPS) is 12.2. The van der Waals surface area contributed by atoms with Crippen LogP contribution in [0.2, 0.25) is 0 Å². The molecule has 1 heterocycles. The number of nitrogens with two attached hydrogens (primary N) is 1. The first-order chi connectivity index (χ1) is 8.58. The van der Waals surface area contributed by atoms with Gasteiger partial charge in [-0.25, -0.2) is 4.39 Å². The molecular weight excluding hydrogens is 231 g/mol. The second kappa shape index (κ2) is 5.14. The molecule has 1 aromatic carbocycles. The van der Waals surface area contributed by atoms with Gasteiger partial charge >= 0.3 is 0 Å². The van der Waals surface area contributed by atoms with Gasteiger partial charge in [-0.15, -0.1) is 0 Å². The lowest BCUT2D eigenvalue weighted by molar-refractivity contribution is 0.431. The van der Waals surface area contributed by atoms with E-state index in [1.54, 1.807) is 31.3 Å². The Labute approximate surface area is 105 Å². The second-order valence-electron chi connectivity index (χ2n) is 4.18. The second-order valence-corrected chi connectivity index (χ2v) is 4.18. The first kappa shape index (κ1) is 12.5. The van der Waals surface area contributed by atoms with Crippen LogP contribution in [0, 0.1) is 12.7 Å². The molecule has 0 amide bonds. The molecular formula is C14H15FN2O. The number of ether oxygens (including phenoxy) is 1. The summed E-state index contributed by atoms with van der Waals surface area (Å²) in [6.45, 7) is 3.66. The van der Waals surface area contributed by atoms with Gasteiger partial charge in [0, 0.05) is 17.3 Å². The van der Waals surface area contributed by atoms with Crippen molar-refractivity contribution in [2.24, 2.45) is 5.73 Å². The molecule has 1 atom stereocenters. The van der Waals surface area contributed by atoms with E-state index in [-0.39, 0.29) is 11.8 Å². The lowest BCUT2D eigenvalue weighted by atomic mass is 10.1. The Kier molecular flexibility index (Phi) is 3.58. The molecule has 0 aliphatic heterocycles. The largest absolute Gasteiger partial charge is 0.452 e. The van der Waals surface area contributed by atoms with Crippen LogP contribution in [0.15, 0.2) is 36.5 Å². The van der Waals surface area contributed by atoms with E-state index in [2.05, 4.69) is 4.98 Å². The Morgan fingerprint density at radius 2 is 2.06 bits per heavy atom. The van der Waals surface area contributed by atoms with Crippen LogP contribution in [-0.2, 0) is 0 Å². The third-order valence-electron chi connectivity index (χ3n) is 2.59. The van der Waals surface area contributed by atoms with Gasteiger partial charge in [-0.2, -0.15) is 0 Å². The van der Waals surface area contributed by atoms with Crippen LogP contribution in [0.1, 0.15) is 24.2 Å². The molecule has 2 rings (SSSR count). The number of para-hydroxylation sites is 1. The monoisotopic (exact) mass is 246 g/mol. The average Bonchev–Trinajstić information content (AvgIpc) is 2.34. The smallest absolute Gasteiger partial charge is 0.167 e. The van der Waals surface area contributed by atoms with E-state index < -0.39 is 5.82 Å². The van der Waals surface area contributed by atoms with Crippen LogP contribution in [-0.4, -0.2) is 4.98 Å². The zero-order chi connectivity index (χ0) is 13.1. The van der Waals surface area contributed by atoms with Gasteiger partial charge < -0.3 is 10.5 Å². The maximum Gasteiger partial charge on any atom is 0.167 e. The summed E-state index contributed by atoms with van der Waals surface area (Å²) in [4.78, 5) is 4.10. The number of pyridine rings is 1. The summed E-state index contributed by atoms with van der Waals surface area (Å²) in [6, 6.07) is 7.98. The summed E-state index contributed by atoms with van der Waals surface area (Å²) in [5, 5.41) is 0. The van der Waals surface area contributed by atoms with Crippen LogP contribution in [0.4, 0.5) is 4.39 Å². The Bertz CT molecular complexity index is 538. The third-order valence-corrected chi connectivity index (χ3v) is 2.59. The van der Waals surface area contributed by atoms with Crippen molar-refractivity contribution in [3.63, 3.8) is 0 Å². The standard InChI is InChI=1S/C14H15FN2O/c1-9-6-7-11(8-17-9)18-14-12(10(2)16)4-3-5-13(14)15/h3-8,10H,16H2,1-2H3/t10-/m1/s1. The molecule has 3 nitrogen and oxygen atoms in total. The fourth-order valence-corrected chi connectivity index (χ4v) is 1.62. The Balaban J connectivity index is 2.36. The topological polar surface area (TPSA) is 48.1 Å². The molecule has 0 aliphatic rings. The quantitative estimate of drug-likeness (QED) is 0.903. The average molecular weight is 246 g/mol. The van der Waals surface area contributed by atoms with E-state index in [9.17, 15) is 4.39 Å². The fraction of sp³-hybridized carbons (Fsp3) is 0.214. The van der Waals surface area contributed by atoms with Crippen molar-refractivity contribution in [2.45, 2.75) is 19.9 Å². The van der Waals surface area contributed by atoms with Crippen molar-refractivity contribution >= 4 is 0 Å². The van der Waals surface area contributed by atoms with Crippen molar-refractivity contribution in [3.8, 4) is 11.5 Å². The molecule has 0 saturated heterocycles. The highest BCUT2D eigenvalue weighted by atomic mass is 19.1. The van der Waals surface area contributed by atoms with Gasteiger partial charge in [-0.1, -0.05) is 12.1 Å². The van der Waals surface area contributed by atoms with Crippen molar-refractivity contribution < 1.29 is 9.13 Å². The molecule has 0 unspecified atom stereocenters. The number of aryl methyl sites for hydroxylation is 1. The summed E-state index contributed by atoms with van der Waals surface area (Å²) < 4.78 is 19.3. The van der Waals surface area contributed by atoms with Gasteiger partial charge in [-0.3, -0.25) is 4.98 Å². The molecule has 1 aromatic heterocycles. The minimum absolute atomic E-state index is 0.165. The van der Waals surface area contributed by atoms with Gasteiger partial charge in [0.15, 0.2) is 11.6 Å². The molecule has 2 aromatic rings. The molecule has 0 spiro atoms. The SMILES string of the molecule is Cc1ccc(Oc2c(F)cccc2[C@@H](C)N)cn1. The van der Waals surface area contributed by atoms with Crippen molar-refractivity contribution in [1.29, 1.82) is 0 Å². The highest BCUT2D eigenvalue weighted by Crippen LogP contribution is 2.31. The van der Waals surface area contributed by atoms with Crippen LogP contribution in [0.25, 0.3) is 0 Å². The van der Waals surface area contributed by atoms with Crippen LogP contribution in [0.5, 0.6) is 11.5 Å². The fourth-order valence-electron chi connectivity index (χ4n) is 1.62. The Morgan fingerprint density at radius 3 is 2.67 bits per heavy atom. The molecule has 4 heteroatoms. The molecule has 0 fully saturated rings. The van der Waals surface area contributed by atoms with Crippen LogP contribution in [0.3, 0.4) is 0 Å². The summed E-state index contributed by atoms with van der Waals surface area (Å²) in [5.41, 5.74) is 7.31. The Morgan fingerprint density at radius 1 is 1.28 bits per heavy atom. The molecule has 0 bridgehead atoms. The maximum absolute atomic E-state index is 13.8. The van der Waals surface area contributed by atoms with Crippen molar-refractivity contribution in [3.05, 3.63) is 53.6 Å². The number of rotatable bonds is 3. The molecule has 0 saturated carbocycles. The molecule has 0 radical (unpaired) electrons. The number of benzene rings is 1. The van der Waals surface area contributed by atoms with E-state index >= 15 is 0 Å². The zero-order valence-electron chi connectivity index (χ0n) is 10.4. The van der Waals surface area contributed by atoms with Gasteiger partial charge in [0.05, 0.1) is 6.20 Å². The van der Waals surface area contributed by atoms with Crippen LogP contribution < -0.4 is 10.5 Å². The third kappa shape index (κ3) is 2.65. The minimum atomic E-state index is -0.426. The van der Waals surface area contributed by atoms with Gasteiger partial charge in [0.25, 0.3) is 0 Å². The summed E-state index contributed by atoms with van der Waals surface area (Å²) >= 11 is 0. The predicted octanol–water partition coefficient (Wildman–Crippen LogP) is 3.34. The van der Waals surface area contributed by atoms with E-state index in [4.69, 9.17) is 10.5 Å². The number of halogens is 1. The van der Waals surface area contributed by atoms with E-state index in [1.807, 2.05) is 13.0 Å². The molecule has 18 heavy (non-hydrogen) atoms. The first-order valence-electron chi connectivity index (χ1n) is 5.72. The summed E-state index contributed by atoms with van der Waals surface area (Å²) in [5.74, 6) is 0.233. The number of aromatic nitrogens is 1. The lowest BCUT2D eigenvalue weighted by Gasteiger charge is -2.14. The van der Waals surface area contributed by atoms with Gasteiger partial charge in [0.2, 0.25) is 0 Å². The van der Waals surface area contributed by atoms with Crippen molar-refractivity contribution in [2.75, 3.05) is 0 Å². The first-order valence-corrected chi connectivity index (χ1v) is 5.72. The highest BCUT2D eigenvalue weighted by Gasteiger charge is 2.13. The molecule has 0 aliphatic carbocycles. The summed E-state index contributed by atoms with van der Waals surface area (Å²) in [6.07, 6.45) is 1.56. The van der Waals surface area contributed by atoms with E-state index in [0.717, 1.165) is 5.69 Å². The lowest BCUT2D eigenvalue weighted by Crippen LogP contribution is -2.07. The number of hydrogen-bond acceptors (Lipinski definition) is 3. The number of hydrogen-bond donors (Lipinski definition) is 1.